The zero-order valence-electron chi connectivity index (χ0n) is 8.47. The Balaban J connectivity index is 1.98. The van der Waals surface area contributed by atoms with Gasteiger partial charge >= 0.3 is 0 Å². The third-order valence-electron chi connectivity index (χ3n) is 2.02. The van der Waals surface area contributed by atoms with Gasteiger partial charge in [-0.15, -0.1) is 0 Å². The molecule has 0 atom stereocenters. The highest BCUT2D eigenvalue weighted by Crippen LogP contribution is 2.03. The number of amides is 1. The second-order valence-electron chi connectivity index (χ2n) is 3.26. The van der Waals surface area contributed by atoms with Gasteiger partial charge in [-0.1, -0.05) is 0 Å². The second kappa shape index (κ2) is 4.43. The number of nitrogen functional groups attached to an aromatic ring is 1. The number of H-pyrrole nitrogens is 1. The Hall–Kier alpha value is -2.37. The first-order chi connectivity index (χ1) is 7.75. The summed E-state index contributed by atoms with van der Waals surface area (Å²) in [4.78, 5) is 15.6. The Morgan fingerprint density at radius 3 is 3.12 bits per heavy atom. The lowest BCUT2D eigenvalue weighted by molar-refractivity contribution is 0.0946. The van der Waals surface area contributed by atoms with Gasteiger partial charge in [-0.25, -0.2) is 0 Å². The van der Waals surface area contributed by atoms with E-state index in [0.717, 1.165) is 5.56 Å². The van der Waals surface area contributed by atoms with Gasteiger partial charge in [-0.2, -0.15) is 5.10 Å². The molecule has 0 aromatic carbocycles. The van der Waals surface area contributed by atoms with E-state index < -0.39 is 0 Å². The number of nitrogens with zero attached hydrogens (tertiary/aromatic N) is 2. The average molecular weight is 217 g/mol. The van der Waals surface area contributed by atoms with Crippen LogP contribution < -0.4 is 11.1 Å². The molecule has 0 fully saturated rings. The van der Waals surface area contributed by atoms with Crippen LogP contribution in [0.15, 0.2) is 30.7 Å². The molecule has 0 saturated heterocycles. The molecule has 2 aromatic rings. The molecule has 0 aliphatic carbocycles. The maximum Gasteiger partial charge on any atom is 0.270 e. The van der Waals surface area contributed by atoms with Crippen LogP contribution in [-0.2, 0) is 6.54 Å². The monoisotopic (exact) mass is 217 g/mol. The first-order valence-corrected chi connectivity index (χ1v) is 4.73. The van der Waals surface area contributed by atoms with Gasteiger partial charge in [-0.05, 0) is 12.1 Å². The van der Waals surface area contributed by atoms with Gasteiger partial charge in [-0.3, -0.25) is 14.9 Å². The third kappa shape index (κ3) is 2.35. The van der Waals surface area contributed by atoms with E-state index in [4.69, 9.17) is 5.73 Å². The lowest BCUT2D eigenvalue weighted by Gasteiger charge is -2.03. The average Bonchev–Trinajstić information content (AvgIpc) is 2.78. The van der Waals surface area contributed by atoms with Crippen LogP contribution in [0.25, 0.3) is 0 Å². The number of rotatable bonds is 3. The van der Waals surface area contributed by atoms with E-state index in [0.29, 0.717) is 17.9 Å². The maximum absolute atomic E-state index is 11.6. The third-order valence-corrected chi connectivity index (χ3v) is 2.02. The molecule has 0 unspecified atom stereocenters. The molecular weight excluding hydrogens is 206 g/mol. The first kappa shape index (κ1) is 10.2. The van der Waals surface area contributed by atoms with Gasteiger partial charge in [0, 0.05) is 30.2 Å². The van der Waals surface area contributed by atoms with Crippen molar-refractivity contribution in [1.82, 2.24) is 20.5 Å². The number of pyridine rings is 1. The number of carbonyl (C=O) groups is 1. The molecule has 2 aromatic heterocycles. The van der Waals surface area contributed by atoms with E-state index in [1.54, 1.807) is 18.5 Å². The van der Waals surface area contributed by atoms with Crippen molar-refractivity contribution in [3.8, 4) is 0 Å². The molecule has 0 spiro atoms. The SMILES string of the molecule is Nc1ccnc(C(=O)NCc2cn[nH]c2)c1. The fourth-order valence-corrected chi connectivity index (χ4v) is 1.22. The van der Waals surface area contributed by atoms with Gasteiger partial charge in [0.15, 0.2) is 0 Å². The van der Waals surface area contributed by atoms with E-state index >= 15 is 0 Å². The predicted molar refractivity (Wildman–Crippen MR) is 58.4 cm³/mol. The van der Waals surface area contributed by atoms with E-state index in [-0.39, 0.29) is 5.91 Å². The molecule has 0 aliphatic rings. The summed E-state index contributed by atoms with van der Waals surface area (Å²) in [5, 5.41) is 9.15. The number of aromatic nitrogens is 3. The van der Waals surface area contributed by atoms with Crippen LogP contribution in [0.4, 0.5) is 5.69 Å². The summed E-state index contributed by atoms with van der Waals surface area (Å²) in [7, 11) is 0. The van der Waals surface area contributed by atoms with Gasteiger partial charge in [0.2, 0.25) is 0 Å². The van der Waals surface area contributed by atoms with Crippen LogP contribution in [0.3, 0.4) is 0 Å². The van der Waals surface area contributed by atoms with Crippen molar-refractivity contribution >= 4 is 11.6 Å². The molecule has 4 N–H and O–H groups in total. The standard InChI is InChI=1S/C10H11N5O/c11-8-1-2-12-9(3-8)10(16)13-4-7-5-14-15-6-7/h1-3,5-6H,4H2,(H2,11,12)(H,13,16)(H,14,15). The first-order valence-electron chi connectivity index (χ1n) is 4.73. The van der Waals surface area contributed by atoms with Crippen LogP contribution >= 0.6 is 0 Å². The molecule has 1 amide bonds. The number of hydrogen-bond acceptors (Lipinski definition) is 4. The molecule has 16 heavy (non-hydrogen) atoms. The quantitative estimate of drug-likeness (QED) is 0.689. The van der Waals surface area contributed by atoms with Crippen molar-refractivity contribution in [3.63, 3.8) is 0 Å². The second-order valence-corrected chi connectivity index (χ2v) is 3.26. The number of anilines is 1. The number of carbonyl (C=O) groups excluding carboxylic acids is 1. The number of hydrogen-bond donors (Lipinski definition) is 3. The summed E-state index contributed by atoms with van der Waals surface area (Å²) in [6.07, 6.45) is 4.86. The van der Waals surface area contributed by atoms with Crippen molar-refractivity contribution in [2.24, 2.45) is 0 Å². The highest BCUT2D eigenvalue weighted by molar-refractivity contribution is 5.92. The highest BCUT2D eigenvalue weighted by atomic mass is 16.1. The maximum atomic E-state index is 11.6. The molecule has 6 heteroatoms. The van der Waals surface area contributed by atoms with E-state index in [9.17, 15) is 4.79 Å². The summed E-state index contributed by atoms with van der Waals surface area (Å²) in [5.41, 5.74) is 7.28. The minimum absolute atomic E-state index is 0.256. The lowest BCUT2D eigenvalue weighted by atomic mass is 10.3. The van der Waals surface area contributed by atoms with Crippen LogP contribution in [0.1, 0.15) is 16.1 Å². The van der Waals surface area contributed by atoms with Crippen molar-refractivity contribution in [3.05, 3.63) is 42.0 Å². The molecule has 82 valence electrons. The predicted octanol–water partition coefficient (Wildman–Crippen LogP) is 0.317. The highest BCUT2D eigenvalue weighted by Gasteiger charge is 2.06. The molecule has 0 saturated carbocycles. The van der Waals surface area contributed by atoms with Crippen LogP contribution in [0.2, 0.25) is 0 Å². The molecule has 0 radical (unpaired) electrons. The van der Waals surface area contributed by atoms with Crippen molar-refractivity contribution in [1.29, 1.82) is 0 Å². The van der Waals surface area contributed by atoms with Gasteiger partial charge < -0.3 is 11.1 Å². The summed E-state index contributed by atoms with van der Waals surface area (Å²) in [6, 6.07) is 3.16. The Labute approximate surface area is 91.9 Å². The largest absolute Gasteiger partial charge is 0.399 e. The van der Waals surface area contributed by atoms with Crippen molar-refractivity contribution in [2.75, 3.05) is 5.73 Å². The Bertz CT molecular complexity index is 480. The van der Waals surface area contributed by atoms with Gasteiger partial charge in [0.1, 0.15) is 5.69 Å². The molecule has 2 heterocycles. The van der Waals surface area contributed by atoms with Crippen molar-refractivity contribution < 1.29 is 4.79 Å². The van der Waals surface area contributed by atoms with E-state index in [2.05, 4.69) is 20.5 Å². The summed E-state index contributed by atoms with van der Waals surface area (Å²) in [5.74, 6) is -0.256. The topological polar surface area (TPSA) is 96.7 Å². The summed E-state index contributed by atoms with van der Waals surface area (Å²) >= 11 is 0. The zero-order valence-corrected chi connectivity index (χ0v) is 8.47. The van der Waals surface area contributed by atoms with Crippen LogP contribution in [0, 0.1) is 0 Å². The molecule has 0 aliphatic heterocycles. The zero-order chi connectivity index (χ0) is 11.4. The Morgan fingerprint density at radius 1 is 1.56 bits per heavy atom. The minimum Gasteiger partial charge on any atom is -0.399 e. The molecule has 2 rings (SSSR count). The number of aromatic amines is 1. The molecular formula is C10H11N5O. The van der Waals surface area contributed by atoms with E-state index in [1.165, 1.54) is 12.3 Å². The van der Waals surface area contributed by atoms with Crippen LogP contribution in [0.5, 0.6) is 0 Å². The Kier molecular flexibility index (Phi) is 2.81. The summed E-state index contributed by atoms with van der Waals surface area (Å²) < 4.78 is 0. The normalized spacial score (nSPS) is 10.0. The minimum atomic E-state index is -0.256. The van der Waals surface area contributed by atoms with Gasteiger partial charge in [0.05, 0.1) is 6.20 Å². The lowest BCUT2D eigenvalue weighted by Crippen LogP contribution is -2.23. The summed E-state index contributed by atoms with van der Waals surface area (Å²) in [6.45, 7) is 0.409. The Morgan fingerprint density at radius 2 is 2.44 bits per heavy atom. The fourth-order valence-electron chi connectivity index (χ4n) is 1.22. The number of nitrogens with two attached hydrogens (primary N) is 1. The van der Waals surface area contributed by atoms with Gasteiger partial charge in [0.25, 0.3) is 5.91 Å². The van der Waals surface area contributed by atoms with Crippen LogP contribution in [-0.4, -0.2) is 21.1 Å². The molecule has 6 nitrogen and oxygen atoms in total. The van der Waals surface area contributed by atoms with Crippen molar-refractivity contribution in [2.45, 2.75) is 6.54 Å². The van der Waals surface area contributed by atoms with E-state index in [1.807, 2.05) is 0 Å². The molecule has 0 bridgehead atoms. The fraction of sp³-hybridized carbons (Fsp3) is 0.100. The smallest absolute Gasteiger partial charge is 0.270 e. The number of nitrogens with one attached hydrogen (secondary N) is 2.